The minimum atomic E-state index is -0.0689. The smallest absolute Gasteiger partial charge is 0.147 e. The Morgan fingerprint density at radius 1 is 1.47 bits per heavy atom. The standard InChI is InChI=1S/C14H18ClN3O/c1-9-4-5-11(10(2)16)12(6-9)19-8-14-17-7-13(15)18(14)3/h4-7,10H,8,16H2,1-3H3/t10-/m0/s1. The average molecular weight is 280 g/mol. The van der Waals surface area contributed by atoms with Crippen molar-refractivity contribution in [1.29, 1.82) is 0 Å². The van der Waals surface area contributed by atoms with Crippen LogP contribution in [0, 0.1) is 6.92 Å². The number of benzene rings is 1. The molecule has 0 aliphatic carbocycles. The number of aryl methyl sites for hydroxylation is 1. The fourth-order valence-electron chi connectivity index (χ4n) is 1.84. The summed E-state index contributed by atoms with van der Waals surface area (Å²) in [5, 5.41) is 0.593. The Morgan fingerprint density at radius 2 is 2.21 bits per heavy atom. The number of aromatic nitrogens is 2. The lowest BCUT2D eigenvalue weighted by atomic mass is 10.1. The lowest BCUT2D eigenvalue weighted by Gasteiger charge is -2.14. The molecule has 0 aliphatic heterocycles. The molecule has 2 aromatic rings. The Morgan fingerprint density at radius 3 is 2.79 bits per heavy atom. The van der Waals surface area contributed by atoms with Crippen molar-refractivity contribution in [2.24, 2.45) is 12.8 Å². The number of hydrogen-bond acceptors (Lipinski definition) is 3. The van der Waals surface area contributed by atoms with Crippen LogP contribution < -0.4 is 10.5 Å². The fraction of sp³-hybridized carbons (Fsp3) is 0.357. The Kier molecular flexibility index (Phi) is 4.12. The van der Waals surface area contributed by atoms with Gasteiger partial charge in [0.15, 0.2) is 0 Å². The molecule has 1 heterocycles. The van der Waals surface area contributed by atoms with Gasteiger partial charge in [-0.3, -0.25) is 0 Å². The fourth-order valence-corrected chi connectivity index (χ4v) is 1.99. The van der Waals surface area contributed by atoms with E-state index in [0.717, 1.165) is 22.7 Å². The van der Waals surface area contributed by atoms with E-state index in [9.17, 15) is 0 Å². The van der Waals surface area contributed by atoms with Crippen LogP contribution in [0.2, 0.25) is 5.15 Å². The van der Waals surface area contributed by atoms with Gasteiger partial charge in [0.25, 0.3) is 0 Å². The van der Waals surface area contributed by atoms with Gasteiger partial charge < -0.3 is 15.0 Å². The predicted molar refractivity (Wildman–Crippen MR) is 76.3 cm³/mol. The molecule has 1 aromatic heterocycles. The third-order valence-electron chi connectivity index (χ3n) is 3.04. The summed E-state index contributed by atoms with van der Waals surface area (Å²) < 4.78 is 7.63. The Hall–Kier alpha value is -1.52. The first-order valence-corrected chi connectivity index (χ1v) is 6.52. The van der Waals surface area contributed by atoms with Gasteiger partial charge in [-0.2, -0.15) is 0 Å². The molecule has 1 aromatic carbocycles. The Balaban J connectivity index is 2.19. The lowest BCUT2D eigenvalue weighted by molar-refractivity contribution is 0.287. The molecule has 0 fully saturated rings. The molecule has 0 saturated heterocycles. The molecular formula is C14H18ClN3O. The van der Waals surface area contributed by atoms with Crippen molar-refractivity contribution >= 4 is 11.6 Å². The number of imidazole rings is 1. The van der Waals surface area contributed by atoms with E-state index < -0.39 is 0 Å². The predicted octanol–water partition coefficient (Wildman–Crippen LogP) is 2.98. The van der Waals surface area contributed by atoms with E-state index in [2.05, 4.69) is 4.98 Å². The highest BCUT2D eigenvalue weighted by molar-refractivity contribution is 6.29. The number of hydrogen-bond donors (Lipinski definition) is 1. The third kappa shape index (κ3) is 3.08. The van der Waals surface area contributed by atoms with E-state index in [0.29, 0.717) is 11.8 Å². The van der Waals surface area contributed by atoms with Crippen molar-refractivity contribution in [2.75, 3.05) is 0 Å². The van der Waals surface area contributed by atoms with Gasteiger partial charge in [-0.05, 0) is 25.5 Å². The van der Waals surface area contributed by atoms with Gasteiger partial charge in [-0.1, -0.05) is 23.7 Å². The zero-order valence-electron chi connectivity index (χ0n) is 11.4. The van der Waals surface area contributed by atoms with Crippen molar-refractivity contribution in [3.05, 3.63) is 46.5 Å². The maximum Gasteiger partial charge on any atom is 0.147 e. The van der Waals surface area contributed by atoms with Crippen LogP contribution in [0.4, 0.5) is 0 Å². The molecular weight excluding hydrogens is 262 g/mol. The van der Waals surface area contributed by atoms with Crippen LogP contribution in [0.25, 0.3) is 0 Å². The van der Waals surface area contributed by atoms with Crippen LogP contribution in [0.15, 0.2) is 24.4 Å². The van der Waals surface area contributed by atoms with Crippen LogP contribution in [0.3, 0.4) is 0 Å². The van der Waals surface area contributed by atoms with Gasteiger partial charge >= 0.3 is 0 Å². The normalized spacial score (nSPS) is 12.5. The van der Waals surface area contributed by atoms with E-state index in [4.69, 9.17) is 22.1 Å². The molecule has 0 saturated carbocycles. The molecule has 1 atom stereocenters. The first-order valence-electron chi connectivity index (χ1n) is 6.14. The van der Waals surface area contributed by atoms with E-state index in [1.54, 1.807) is 10.8 Å². The number of nitrogens with zero attached hydrogens (tertiary/aromatic N) is 2. The second-order valence-electron chi connectivity index (χ2n) is 4.67. The summed E-state index contributed by atoms with van der Waals surface area (Å²) in [6, 6.07) is 5.95. The summed E-state index contributed by atoms with van der Waals surface area (Å²) in [6.45, 7) is 4.33. The van der Waals surface area contributed by atoms with E-state index in [-0.39, 0.29) is 6.04 Å². The zero-order valence-corrected chi connectivity index (χ0v) is 12.1. The molecule has 0 aliphatic rings. The van der Waals surface area contributed by atoms with Gasteiger partial charge in [-0.25, -0.2) is 4.98 Å². The molecule has 2 rings (SSSR count). The van der Waals surface area contributed by atoms with E-state index in [1.807, 2.05) is 39.1 Å². The molecule has 2 N–H and O–H groups in total. The van der Waals surface area contributed by atoms with Crippen molar-refractivity contribution in [3.63, 3.8) is 0 Å². The number of halogens is 1. The maximum absolute atomic E-state index is 5.95. The number of nitrogens with two attached hydrogens (primary N) is 1. The van der Waals surface area contributed by atoms with Gasteiger partial charge in [-0.15, -0.1) is 0 Å². The summed E-state index contributed by atoms with van der Waals surface area (Å²) in [6.07, 6.45) is 1.61. The van der Waals surface area contributed by atoms with Crippen LogP contribution in [0.5, 0.6) is 5.75 Å². The van der Waals surface area contributed by atoms with Gasteiger partial charge in [0.1, 0.15) is 23.3 Å². The summed E-state index contributed by atoms with van der Waals surface area (Å²) in [5.74, 6) is 1.58. The minimum Gasteiger partial charge on any atom is -0.485 e. The van der Waals surface area contributed by atoms with Crippen LogP contribution in [-0.4, -0.2) is 9.55 Å². The Labute approximate surface area is 118 Å². The van der Waals surface area contributed by atoms with Crippen molar-refractivity contribution in [1.82, 2.24) is 9.55 Å². The maximum atomic E-state index is 5.95. The zero-order chi connectivity index (χ0) is 14.0. The first kappa shape index (κ1) is 13.9. The highest BCUT2D eigenvalue weighted by Crippen LogP contribution is 2.26. The SMILES string of the molecule is Cc1ccc([C@H](C)N)c(OCc2ncc(Cl)n2C)c1. The summed E-state index contributed by atoms with van der Waals surface area (Å²) >= 11 is 5.94. The largest absolute Gasteiger partial charge is 0.485 e. The summed E-state index contributed by atoms with van der Waals surface area (Å²) in [7, 11) is 1.86. The highest BCUT2D eigenvalue weighted by atomic mass is 35.5. The second kappa shape index (κ2) is 5.63. The van der Waals surface area contributed by atoms with Crippen LogP contribution in [0.1, 0.15) is 29.9 Å². The first-order chi connectivity index (χ1) is 8.99. The molecule has 19 heavy (non-hydrogen) atoms. The van der Waals surface area contributed by atoms with Crippen LogP contribution >= 0.6 is 11.6 Å². The van der Waals surface area contributed by atoms with Gasteiger partial charge in [0, 0.05) is 18.7 Å². The molecule has 102 valence electrons. The molecule has 0 spiro atoms. The lowest BCUT2D eigenvalue weighted by Crippen LogP contribution is -2.10. The van der Waals surface area contributed by atoms with E-state index >= 15 is 0 Å². The third-order valence-corrected chi connectivity index (χ3v) is 3.40. The molecule has 4 nitrogen and oxygen atoms in total. The van der Waals surface area contributed by atoms with Crippen LogP contribution in [-0.2, 0) is 13.7 Å². The van der Waals surface area contributed by atoms with Gasteiger partial charge in [0.2, 0.25) is 0 Å². The molecule has 0 unspecified atom stereocenters. The molecule has 5 heteroatoms. The van der Waals surface area contributed by atoms with E-state index in [1.165, 1.54) is 0 Å². The highest BCUT2D eigenvalue weighted by Gasteiger charge is 2.10. The summed E-state index contributed by atoms with van der Waals surface area (Å²) in [5.41, 5.74) is 8.07. The average Bonchev–Trinajstić information content (AvgIpc) is 2.67. The molecule has 0 bridgehead atoms. The number of rotatable bonds is 4. The quantitative estimate of drug-likeness (QED) is 0.936. The van der Waals surface area contributed by atoms with Crippen molar-refractivity contribution < 1.29 is 4.74 Å². The summed E-state index contributed by atoms with van der Waals surface area (Å²) in [4.78, 5) is 4.20. The van der Waals surface area contributed by atoms with Crippen molar-refractivity contribution in [2.45, 2.75) is 26.5 Å². The molecule has 0 amide bonds. The topological polar surface area (TPSA) is 53.1 Å². The van der Waals surface area contributed by atoms with Gasteiger partial charge in [0.05, 0.1) is 6.20 Å². The Bertz CT molecular complexity index is 578. The number of ether oxygens (including phenoxy) is 1. The molecule has 0 radical (unpaired) electrons. The second-order valence-corrected chi connectivity index (χ2v) is 5.06. The minimum absolute atomic E-state index is 0.0689. The van der Waals surface area contributed by atoms with Crippen molar-refractivity contribution in [3.8, 4) is 5.75 Å². The monoisotopic (exact) mass is 279 g/mol.